The van der Waals surface area contributed by atoms with Gasteiger partial charge in [0, 0.05) is 18.8 Å². The van der Waals surface area contributed by atoms with Gasteiger partial charge in [0.2, 0.25) is 11.8 Å². The van der Waals surface area contributed by atoms with Crippen molar-refractivity contribution in [1.82, 2.24) is 16.0 Å². The summed E-state index contributed by atoms with van der Waals surface area (Å²) in [7, 11) is 0. The third kappa shape index (κ3) is 13.6. The van der Waals surface area contributed by atoms with Gasteiger partial charge in [-0.15, -0.1) is 0 Å². The second-order valence-corrected chi connectivity index (χ2v) is 15.2. The Bertz CT molecular complexity index is 1790. The largest absolute Gasteiger partial charge is 0.460 e. The monoisotopic (exact) mass is 757 g/mol. The van der Waals surface area contributed by atoms with Gasteiger partial charge in [0.1, 0.15) is 43.0 Å². The number of carbonyl (C=O) groups is 6. The number of amides is 3. The van der Waals surface area contributed by atoms with Crippen LogP contribution in [0.15, 0.2) is 78.9 Å². The minimum Gasteiger partial charge on any atom is -0.460 e. The maximum atomic E-state index is 13.8. The Hall–Kier alpha value is -5.72. The van der Waals surface area contributed by atoms with E-state index in [9.17, 15) is 28.8 Å². The highest BCUT2D eigenvalue weighted by Crippen LogP contribution is 2.44. The van der Waals surface area contributed by atoms with Crippen LogP contribution < -0.4 is 16.0 Å². The Balaban J connectivity index is 1.44. The fraction of sp³-hybridized carbons (Fsp3) is 0.429. The zero-order chi connectivity index (χ0) is 40.2. The Labute approximate surface area is 321 Å². The van der Waals surface area contributed by atoms with E-state index in [1.807, 2.05) is 66.7 Å². The summed E-state index contributed by atoms with van der Waals surface area (Å²) in [6.07, 6.45) is -1.81. The van der Waals surface area contributed by atoms with Crippen molar-refractivity contribution in [2.75, 3.05) is 13.2 Å². The fourth-order valence-corrected chi connectivity index (χ4v) is 5.92. The first-order chi connectivity index (χ1) is 26.0. The molecule has 3 aromatic carbocycles. The van der Waals surface area contributed by atoms with Gasteiger partial charge in [-0.3, -0.25) is 19.2 Å². The van der Waals surface area contributed by atoms with E-state index in [0.29, 0.717) is 0 Å². The van der Waals surface area contributed by atoms with Gasteiger partial charge in [-0.2, -0.15) is 0 Å². The molecule has 0 bridgehead atoms. The van der Waals surface area contributed by atoms with Crippen molar-refractivity contribution >= 4 is 35.8 Å². The van der Waals surface area contributed by atoms with Crippen molar-refractivity contribution < 1.29 is 47.7 Å². The maximum absolute atomic E-state index is 13.8. The second kappa shape index (κ2) is 19.0. The molecule has 13 heteroatoms. The van der Waals surface area contributed by atoms with Crippen LogP contribution in [-0.2, 0) is 49.5 Å². The molecule has 1 aliphatic rings. The van der Waals surface area contributed by atoms with E-state index in [4.69, 9.17) is 18.9 Å². The molecule has 0 heterocycles. The molecule has 2 atom stereocenters. The average molecular weight is 758 g/mol. The van der Waals surface area contributed by atoms with Crippen LogP contribution in [0, 0.1) is 0 Å². The lowest BCUT2D eigenvalue weighted by Gasteiger charge is -2.26. The predicted molar refractivity (Wildman–Crippen MR) is 203 cm³/mol. The number of alkyl carbamates (subject to hydrolysis) is 1. The molecular formula is C42H51N3O10. The molecule has 13 nitrogen and oxygen atoms in total. The zero-order valence-electron chi connectivity index (χ0n) is 32.3. The van der Waals surface area contributed by atoms with E-state index in [-0.39, 0.29) is 44.8 Å². The van der Waals surface area contributed by atoms with Gasteiger partial charge < -0.3 is 34.9 Å². The lowest BCUT2D eigenvalue weighted by Crippen LogP contribution is -2.53. The molecule has 0 saturated heterocycles. The number of fused-ring (bicyclic) bond motifs is 3. The van der Waals surface area contributed by atoms with Crippen LogP contribution in [0.4, 0.5) is 4.79 Å². The molecule has 2 unspecified atom stereocenters. The molecule has 3 aromatic rings. The molecule has 3 amide bonds. The Morgan fingerprint density at radius 2 is 1.20 bits per heavy atom. The molecular weight excluding hydrogens is 706 g/mol. The van der Waals surface area contributed by atoms with Crippen LogP contribution in [0.25, 0.3) is 11.1 Å². The topological polar surface area (TPSA) is 175 Å². The van der Waals surface area contributed by atoms with Crippen molar-refractivity contribution in [2.24, 2.45) is 0 Å². The highest BCUT2D eigenvalue weighted by atomic mass is 16.6. The number of ether oxygens (including phenoxy) is 4. The first-order valence-electron chi connectivity index (χ1n) is 18.3. The first kappa shape index (κ1) is 42.0. The van der Waals surface area contributed by atoms with Crippen molar-refractivity contribution in [3.63, 3.8) is 0 Å². The van der Waals surface area contributed by atoms with E-state index < -0.39 is 65.6 Å². The molecule has 0 fully saturated rings. The van der Waals surface area contributed by atoms with Crippen molar-refractivity contribution in [1.29, 1.82) is 0 Å². The third-order valence-electron chi connectivity index (χ3n) is 8.35. The lowest BCUT2D eigenvalue weighted by atomic mass is 9.98. The standard InChI is InChI=1S/C42H51N3O10/c1-41(2,3)54-36(47)23-21-34(39(50)55-42(4,5)6)44-38(49)33(20-22-35(46)43-24-37(48)52-25-27-14-8-7-9-15-27)45-40(51)53-26-32-30-18-12-10-16-28(30)29-17-11-13-19-31(29)32/h7-19,32-34H,20-26H2,1-6H3,(H,43,46)(H,44,49)(H,45,51). The molecule has 0 aromatic heterocycles. The van der Waals surface area contributed by atoms with Crippen LogP contribution in [0.2, 0.25) is 0 Å². The number of hydrogen-bond acceptors (Lipinski definition) is 10. The molecule has 0 spiro atoms. The second-order valence-electron chi connectivity index (χ2n) is 15.2. The van der Waals surface area contributed by atoms with Crippen molar-refractivity contribution in [2.45, 2.75) is 103 Å². The number of rotatable bonds is 16. The van der Waals surface area contributed by atoms with E-state index >= 15 is 0 Å². The van der Waals surface area contributed by atoms with Gasteiger partial charge in [0.25, 0.3) is 0 Å². The van der Waals surface area contributed by atoms with Crippen molar-refractivity contribution in [3.05, 3.63) is 95.6 Å². The summed E-state index contributed by atoms with van der Waals surface area (Å²) >= 11 is 0. The molecule has 3 N–H and O–H groups in total. The number of benzene rings is 3. The smallest absolute Gasteiger partial charge is 0.407 e. The van der Waals surface area contributed by atoms with Crippen molar-refractivity contribution in [3.8, 4) is 11.1 Å². The highest BCUT2D eigenvalue weighted by Gasteiger charge is 2.33. The summed E-state index contributed by atoms with van der Waals surface area (Å²) in [4.78, 5) is 78.0. The van der Waals surface area contributed by atoms with Crippen LogP contribution in [0.3, 0.4) is 0 Å². The molecule has 55 heavy (non-hydrogen) atoms. The SMILES string of the molecule is CC(C)(C)OC(=O)CCC(NC(=O)C(CCC(=O)NCC(=O)OCc1ccccc1)NC(=O)OCC1c2ccccc2-c2ccccc21)C(=O)OC(C)(C)C. The summed E-state index contributed by atoms with van der Waals surface area (Å²) < 4.78 is 21.8. The molecule has 0 aliphatic heterocycles. The molecule has 1 aliphatic carbocycles. The van der Waals surface area contributed by atoms with E-state index in [1.54, 1.807) is 53.7 Å². The number of hydrogen-bond donors (Lipinski definition) is 3. The van der Waals surface area contributed by atoms with Crippen LogP contribution in [-0.4, -0.2) is 72.3 Å². The van der Waals surface area contributed by atoms with Crippen LogP contribution in [0.5, 0.6) is 0 Å². The summed E-state index contributed by atoms with van der Waals surface area (Å²) in [5.41, 5.74) is 3.18. The number of nitrogens with one attached hydrogen (secondary N) is 3. The number of carbonyl (C=O) groups excluding carboxylic acids is 6. The van der Waals surface area contributed by atoms with E-state index in [0.717, 1.165) is 27.8 Å². The van der Waals surface area contributed by atoms with Gasteiger partial charge in [0.05, 0.1) is 0 Å². The zero-order valence-corrected chi connectivity index (χ0v) is 32.3. The van der Waals surface area contributed by atoms with Gasteiger partial charge in [-0.25, -0.2) is 9.59 Å². The normalized spacial score (nSPS) is 13.3. The summed E-state index contributed by atoms with van der Waals surface area (Å²) in [6.45, 7) is 9.71. The summed E-state index contributed by atoms with van der Waals surface area (Å²) in [6, 6.07) is 22.1. The first-order valence-corrected chi connectivity index (χ1v) is 18.3. The third-order valence-corrected chi connectivity index (χ3v) is 8.35. The van der Waals surface area contributed by atoms with E-state index in [2.05, 4.69) is 16.0 Å². The summed E-state index contributed by atoms with van der Waals surface area (Å²) in [5.74, 6) is -3.68. The quantitative estimate of drug-likeness (QED) is 0.125. The Morgan fingerprint density at radius 1 is 0.636 bits per heavy atom. The number of esters is 3. The van der Waals surface area contributed by atoms with E-state index in [1.165, 1.54) is 0 Å². The van der Waals surface area contributed by atoms with Gasteiger partial charge in [-0.1, -0.05) is 78.9 Å². The molecule has 294 valence electrons. The maximum Gasteiger partial charge on any atom is 0.407 e. The highest BCUT2D eigenvalue weighted by molar-refractivity contribution is 5.91. The molecule has 4 rings (SSSR count). The minimum atomic E-state index is -1.36. The minimum absolute atomic E-state index is 0.0315. The average Bonchev–Trinajstić information content (AvgIpc) is 3.44. The van der Waals surface area contributed by atoms with Gasteiger partial charge >= 0.3 is 24.0 Å². The van der Waals surface area contributed by atoms with Crippen LogP contribution in [0.1, 0.15) is 89.8 Å². The Kier molecular flexibility index (Phi) is 14.6. The molecule has 0 saturated carbocycles. The lowest BCUT2D eigenvalue weighted by molar-refractivity contribution is -0.160. The van der Waals surface area contributed by atoms with Crippen LogP contribution >= 0.6 is 0 Å². The fourth-order valence-electron chi connectivity index (χ4n) is 5.92. The Morgan fingerprint density at radius 3 is 1.80 bits per heavy atom. The van der Waals surface area contributed by atoms with Gasteiger partial charge in [-0.05, 0) is 82.2 Å². The molecule has 0 radical (unpaired) electrons. The summed E-state index contributed by atoms with van der Waals surface area (Å²) in [5, 5.41) is 7.61. The predicted octanol–water partition coefficient (Wildman–Crippen LogP) is 5.48. The van der Waals surface area contributed by atoms with Gasteiger partial charge in [0.15, 0.2) is 0 Å².